The second kappa shape index (κ2) is 11.9. The highest BCUT2D eigenvalue weighted by Crippen LogP contribution is 2.39. The third-order valence-corrected chi connectivity index (χ3v) is 7.62. The fraction of sp³-hybridized carbons (Fsp3) is 0.419. The molecule has 0 radical (unpaired) electrons. The van der Waals surface area contributed by atoms with E-state index in [1.807, 2.05) is 0 Å². The number of benzene rings is 3. The molecule has 36 heavy (non-hydrogen) atoms. The molecule has 2 aliphatic heterocycles. The van der Waals surface area contributed by atoms with E-state index in [-0.39, 0.29) is 0 Å². The molecule has 2 unspecified atom stereocenters. The lowest BCUT2D eigenvalue weighted by molar-refractivity contribution is 0.0358. The third-order valence-electron chi connectivity index (χ3n) is 7.62. The third kappa shape index (κ3) is 5.92. The highest BCUT2D eigenvalue weighted by Gasteiger charge is 2.30. The predicted molar refractivity (Wildman–Crippen MR) is 144 cm³/mol. The maximum absolute atomic E-state index is 6.22. The summed E-state index contributed by atoms with van der Waals surface area (Å²) in [5.74, 6) is 2.17. The highest BCUT2D eigenvalue weighted by atomic mass is 16.5. The molecule has 5 nitrogen and oxygen atoms in total. The molecule has 1 saturated heterocycles. The Morgan fingerprint density at radius 2 is 1.69 bits per heavy atom. The van der Waals surface area contributed by atoms with Crippen LogP contribution in [0.3, 0.4) is 0 Å². The number of methoxy groups -OCH3 is 1. The van der Waals surface area contributed by atoms with Gasteiger partial charge < -0.3 is 14.2 Å². The van der Waals surface area contributed by atoms with Gasteiger partial charge in [-0.2, -0.15) is 0 Å². The van der Waals surface area contributed by atoms with E-state index in [2.05, 4.69) is 89.5 Å². The van der Waals surface area contributed by atoms with Gasteiger partial charge in [0.15, 0.2) is 0 Å². The molecule has 0 amide bonds. The van der Waals surface area contributed by atoms with Crippen LogP contribution in [0.1, 0.15) is 47.6 Å². The molecule has 0 bridgehead atoms. The maximum Gasteiger partial charge on any atom is 0.119 e. The van der Waals surface area contributed by atoms with Gasteiger partial charge in [0, 0.05) is 44.7 Å². The van der Waals surface area contributed by atoms with E-state index in [9.17, 15) is 0 Å². The molecule has 190 valence electrons. The molecule has 2 atom stereocenters. The van der Waals surface area contributed by atoms with Crippen molar-refractivity contribution in [2.45, 2.75) is 31.8 Å². The van der Waals surface area contributed by atoms with Crippen molar-refractivity contribution in [1.82, 2.24) is 9.80 Å². The minimum atomic E-state index is 0.307. The average Bonchev–Trinajstić information content (AvgIpc) is 2.95. The zero-order chi connectivity index (χ0) is 24.7. The molecule has 5 rings (SSSR count). The van der Waals surface area contributed by atoms with Gasteiger partial charge in [0.05, 0.1) is 26.9 Å². The van der Waals surface area contributed by atoms with Gasteiger partial charge >= 0.3 is 0 Å². The van der Waals surface area contributed by atoms with Gasteiger partial charge in [-0.05, 0) is 59.9 Å². The van der Waals surface area contributed by atoms with Crippen molar-refractivity contribution < 1.29 is 14.2 Å². The zero-order valence-corrected chi connectivity index (χ0v) is 21.6. The lowest BCUT2D eigenvalue weighted by Gasteiger charge is -2.39. The van der Waals surface area contributed by atoms with Gasteiger partial charge in [-0.3, -0.25) is 9.80 Å². The van der Waals surface area contributed by atoms with Gasteiger partial charge in [-0.15, -0.1) is 0 Å². The Labute approximate surface area is 215 Å². The van der Waals surface area contributed by atoms with Crippen molar-refractivity contribution >= 4 is 0 Å². The van der Waals surface area contributed by atoms with E-state index >= 15 is 0 Å². The van der Waals surface area contributed by atoms with Crippen LogP contribution in [0.5, 0.6) is 11.5 Å². The average molecular weight is 487 g/mol. The summed E-state index contributed by atoms with van der Waals surface area (Å²) in [6.07, 6.45) is 1.03. The summed E-state index contributed by atoms with van der Waals surface area (Å²) in [5, 5.41) is 0. The summed E-state index contributed by atoms with van der Waals surface area (Å²) in [6.45, 7) is 9.77. The first-order chi connectivity index (χ1) is 17.7. The summed E-state index contributed by atoms with van der Waals surface area (Å²) >= 11 is 0. The summed E-state index contributed by atoms with van der Waals surface area (Å²) in [6, 6.07) is 26.4. The molecule has 5 heteroatoms. The predicted octanol–water partition coefficient (Wildman–Crippen LogP) is 5.51. The summed E-state index contributed by atoms with van der Waals surface area (Å²) in [5.41, 5.74) is 5.43. The molecule has 3 aromatic rings. The van der Waals surface area contributed by atoms with Gasteiger partial charge in [-0.25, -0.2) is 0 Å². The van der Waals surface area contributed by atoms with Crippen LogP contribution >= 0.6 is 0 Å². The normalized spacial score (nSPS) is 19.4. The van der Waals surface area contributed by atoms with Gasteiger partial charge in [-0.1, -0.05) is 48.5 Å². The first kappa shape index (κ1) is 24.8. The molecular formula is C31H38N2O3. The van der Waals surface area contributed by atoms with Crippen LogP contribution in [0, 0.1) is 0 Å². The lowest BCUT2D eigenvalue weighted by Crippen LogP contribution is -2.37. The van der Waals surface area contributed by atoms with Gasteiger partial charge in [0.25, 0.3) is 0 Å². The largest absolute Gasteiger partial charge is 0.497 e. The number of fused-ring (bicyclic) bond motifs is 1. The summed E-state index contributed by atoms with van der Waals surface area (Å²) < 4.78 is 17.1. The van der Waals surface area contributed by atoms with Gasteiger partial charge in [0.1, 0.15) is 11.5 Å². The second-order valence-corrected chi connectivity index (χ2v) is 9.86. The Morgan fingerprint density at radius 1 is 0.944 bits per heavy atom. The molecule has 0 aromatic heterocycles. The molecule has 1 fully saturated rings. The molecule has 2 aliphatic rings. The van der Waals surface area contributed by atoms with Crippen molar-refractivity contribution in [3.63, 3.8) is 0 Å². The SMILES string of the molecule is COc1ccc(C2CN(C(C)c3ccccc3)Cc3cc(OCCCN4CCOCC4)ccc32)cc1. The Bertz CT molecular complexity index is 1100. The molecule has 0 aliphatic carbocycles. The van der Waals surface area contributed by atoms with Crippen LogP contribution < -0.4 is 9.47 Å². The van der Waals surface area contributed by atoms with Crippen LogP contribution in [0.25, 0.3) is 0 Å². The van der Waals surface area contributed by atoms with Crippen molar-refractivity contribution in [3.8, 4) is 11.5 Å². The van der Waals surface area contributed by atoms with E-state index in [0.29, 0.717) is 12.0 Å². The summed E-state index contributed by atoms with van der Waals surface area (Å²) in [4.78, 5) is 5.05. The van der Waals surface area contributed by atoms with E-state index < -0.39 is 0 Å². The molecule has 2 heterocycles. The van der Waals surface area contributed by atoms with Crippen LogP contribution in [-0.4, -0.2) is 62.9 Å². The Kier molecular flexibility index (Phi) is 8.22. The van der Waals surface area contributed by atoms with Crippen LogP contribution in [0.2, 0.25) is 0 Å². The first-order valence-corrected chi connectivity index (χ1v) is 13.2. The second-order valence-electron chi connectivity index (χ2n) is 9.86. The Balaban J connectivity index is 1.33. The molecule has 0 saturated carbocycles. The maximum atomic E-state index is 6.22. The van der Waals surface area contributed by atoms with E-state index in [1.54, 1.807) is 7.11 Å². The summed E-state index contributed by atoms with van der Waals surface area (Å²) in [7, 11) is 1.72. The number of ether oxygens (including phenoxy) is 3. The van der Waals surface area contributed by atoms with Crippen molar-refractivity contribution in [2.24, 2.45) is 0 Å². The van der Waals surface area contributed by atoms with Crippen LogP contribution in [0.15, 0.2) is 72.8 Å². The zero-order valence-electron chi connectivity index (χ0n) is 21.6. The standard InChI is InChI=1S/C31H38N2O3/c1-24(25-7-4-3-5-8-25)33-22-27-21-29(36-18-6-15-32-16-19-35-20-17-32)13-14-30(27)31(23-33)26-9-11-28(34-2)12-10-26/h3-5,7-14,21,24,31H,6,15-20,22-23H2,1-2H3. The minimum absolute atomic E-state index is 0.307. The number of morpholine rings is 1. The quantitative estimate of drug-likeness (QED) is 0.373. The highest BCUT2D eigenvalue weighted by molar-refractivity contribution is 5.45. The number of hydrogen-bond donors (Lipinski definition) is 0. The monoisotopic (exact) mass is 486 g/mol. The molecule has 0 spiro atoms. The lowest BCUT2D eigenvalue weighted by atomic mass is 9.83. The topological polar surface area (TPSA) is 34.2 Å². The van der Waals surface area contributed by atoms with Crippen LogP contribution in [-0.2, 0) is 11.3 Å². The molecule has 3 aromatic carbocycles. The van der Waals surface area contributed by atoms with Crippen molar-refractivity contribution in [3.05, 3.63) is 95.1 Å². The number of nitrogens with zero attached hydrogens (tertiary/aromatic N) is 2. The van der Waals surface area contributed by atoms with E-state index in [0.717, 1.165) is 70.5 Å². The Morgan fingerprint density at radius 3 is 2.44 bits per heavy atom. The van der Waals surface area contributed by atoms with E-state index in [4.69, 9.17) is 14.2 Å². The number of rotatable bonds is 9. The van der Waals surface area contributed by atoms with E-state index in [1.165, 1.54) is 22.3 Å². The molecular weight excluding hydrogens is 448 g/mol. The minimum Gasteiger partial charge on any atom is -0.497 e. The molecule has 0 N–H and O–H groups in total. The van der Waals surface area contributed by atoms with Crippen LogP contribution in [0.4, 0.5) is 0 Å². The Hall–Kier alpha value is -2.86. The van der Waals surface area contributed by atoms with Crippen molar-refractivity contribution in [2.75, 3.05) is 53.1 Å². The fourth-order valence-electron chi connectivity index (χ4n) is 5.43. The first-order valence-electron chi connectivity index (χ1n) is 13.2. The fourth-order valence-corrected chi connectivity index (χ4v) is 5.43. The van der Waals surface area contributed by atoms with Gasteiger partial charge in [0.2, 0.25) is 0 Å². The smallest absolute Gasteiger partial charge is 0.119 e. The van der Waals surface area contributed by atoms with Crippen molar-refractivity contribution in [1.29, 1.82) is 0 Å². The number of hydrogen-bond acceptors (Lipinski definition) is 5.